The second-order valence-electron chi connectivity index (χ2n) is 6.17. The van der Waals surface area contributed by atoms with Gasteiger partial charge in [0.25, 0.3) is 0 Å². The lowest BCUT2D eigenvalue weighted by Crippen LogP contribution is -2.30. The number of anilines is 1. The van der Waals surface area contributed by atoms with Crippen LogP contribution in [0.2, 0.25) is 0 Å². The lowest BCUT2D eigenvalue weighted by molar-refractivity contribution is -0.117. The Morgan fingerprint density at radius 2 is 1.88 bits per heavy atom. The average Bonchev–Trinajstić information content (AvgIpc) is 3.03. The molecule has 24 heavy (non-hydrogen) atoms. The van der Waals surface area contributed by atoms with Crippen LogP contribution in [0.5, 0.6) is 5.75 Å². The van der Waals surface area contributed by atoms with Crippen molar-refractivity contribution in [3.8, 4) is 5.75 Å². The zero-order valence-electron chi connectivity index (χ0n) is 14.3. The predicted molar refractivity (Wildman–Crippen MR) is 93.4 cm³/mol. The predicted octanol–water partition coefficient (Wildman–Crippen LogP) is 2.94. The standard InChI is InChI=1S/C17H26N2O4S/c1-3-19(4-2)24(22,23)14-9-10-16(20)15(12-14)18-17(21)11-13-7-5-6-8-13/h9-10,12-13,20H,3-8,11H2,1-2H3,(H,18,21). The number of hydrogen-bond acceptors (Lipinski definition) is 4. The highest BCUT2D eigenvalue weighted by Crippen LogP contribution is 2.30. The molecule has 1 fully saturated rings. The van der Waals surface area contributed by atoms with E-state index in [9.17, 15) is 18.3 Å². The summed E-state index contributed by atoms with van der Waals surface area (Å²) in [7, 11) is -3.63. The summed E-state index contributed by atoms with van der Waals surface area (Å²) in [6.45, 7) is 4.27. The van der Waals surface area contributed by atoms with Crippen LogP contribution in [0.1, 0.15) is 46.0 Å². The van der Waals surface area contributed by atoms with E-state index in [4.69, 9.17) is 0 Å². The van der Waals surface area contributed by atoms with Gasteiger partial charge >= 0.3 is 0 Å². The molecule has 2 N–H and O–H groups in total. The Kier molecular flexibility index (Phi) is 6.23. The van der Waals surface area contributed by atoms with Crippen LogP contribution in [0.15, 0.2) is 23.1 Å². The normalized spacial score (nSPS) is 15.8. The molecule has 0 atom stereocenters. The summed E-state index contributed by atoms with van der Waals surface area (Å²) in [5.41, 5.74) is 0.145. The summed E-state index contributed by atoms with van der Waals surface area (Å²) in [5, 5.41) is 12.6. The first-order valence-electron chi connectivity index (χ1n) is 8.51. The van der Waals surface area contributed by atoms with Crippen molar-refractivity contribution in [2.45, 2.75) is 50.8 Å². The molecule has 0 aromatic heterocycles. The Balaban J connectivity index is 2.17. The number of rotatable bonds is 7. The van der Waals surface area contributed by atoms with Crippen molar-refractivity contribution >= 4 is 21.6 Å². The maximum Gasteiger partial charge on any atom is 0.243 e. The Morgan fingerprint density at radius 1 is 1.25 bits per heavy atom. The number of hydrogen-bond donors (Lipinski definition) is 2. The van der Waals surface area contributed by atoms with Crippen LogP contribution < -0.4 is 5.32 Å². The van der Waals surface area contributed by atoms with Gasteiger partial charge in [0, 0.05) is 19.5 Å². The lowest BCUT2D eigenvalue weighted by Gasteiger charge is -2.19. The first kappa shape index (κ1) is 18.7. The highest BCUT2D eigenvalue weighted by Gasteiger charge is 2.24. The molecule has 1 aromatic carbocycles. The number of carbonyl (C=O) groups excluding carboxylic acids is 1. The van der Waals surface area contributed by atoms with E-state index in [0.29, 0.717) is 25.4 Å². The molecule has 0 unspecified atom stereocenters. The Hall–Kier alpha value is -1.60. The molecule has 2 rings (SSSR count). The fourth-order valence-corrected chi connectivity index (χ4v) is 4.65. The van der Waals surface area contributed by atoms with Crippen molar-refractivity contribution in [2.75, 3.05) is 18.4 Å². The highest BCUT2D eigenvalue weighted by atomic mass is 32.2. The van der Waals surface area contributed by atoms with Crippen LogP contribution in [-0.4, -0.2) is 36.8 Å². The maximum absolute atomic E-state index is 12.6. The van der Waals surface area contributed by atoms with Crippen LogP contribution in [0, 0.1) is 5.92 Å². The summed E-state index contributed by atoms with van der Waals surface area (Å²) < 4.78 is 26.4. The van der Waals surface area contributed by atoms with Crippen LogP contribution in [-0.2, 0) is 14.8 Å². The Bertz CT molecular complexity index is 678. The van der Waals surface area contributed by atoms with E-state index in [2.05, 4.69) is 5.32 Å². The summed E-state index contributed by atoms with van der Waals surface area (Å²) >= 11 is 0. The minimum atomic E-state index is -3.63. The summed E-state index contributed by atoms with van der Waals surface area (Å²) in [5.74, 6) is 0.0672. The second kappa shape index (κ2) is 7.98. The van der Waals surface area contributed by atoms with Gasteiger partial charge in [-0.05, 0) is 37.0 Å². The number of sulfonamides is 1. The molecule has 0 heterocycles. The van der Waals surface area contributed by atoms with E-state index >= 15 is 0 Å². The van der Waals surface area contributed by atoms with Gasteiger partial charge in [-0.2, -0.15) is 4.31 Å². The number of phenols is 1. The van der Waals surface area contributed by atoms with Gasteiger partial charge in [-0.1, -0.05) is 26.7 Å². The molecule has 7 heteroatoms. The number of nitrogens with one attached hydrogen (secondary N) is 1. The van der Waals surface area contributed by atoms with Gasteiger partial charge in [0.2, 0.25) is 15.9 Å². The maximum atomic E-state index is 12.6. The lowest BCUT2D eigenvalue weighted by atomic mass is 10.0. The quantitative estimate of drug-likeness (QED) is 0.737. The third kappa shape index (κ3) is 4.27. The van der Waals surface area contributed by atoms with E-state index in [-0.39, 0.29) is 22.2 Å². The summed E-state index contributed by atoms with van der Waals surface area (Å²) in [6.07, 6.45) is 4.82. The van der Waals surface area contributed by atoms with Crippen molar-refractivity contribution in [1.29, 1.82) is 0 Å². The highest BCUT2D eigenvalue weighted by molar-refractivity contribution is 7.89. The molecule has 0 saturated heterocycles. The minimum absolute atomic E-state index is 0.0696. The van der Waals surface area contributed by atoms with Gasteiger partial charge in [0.15, 0.2) is 0 Å². The topological polar surface area (TPSA) is 86.7 Å². The first-order chi connectivity index (χ1) is 11.4. The molecule has 0 spiro atoms. The van der Waals surface area contributed by atoms with Crippen molar-refractivity contribution < 1.29 is 18.3 Å². The number of nitrogens with zero attached hydrogens (tertiary/aromatic N) is 1. The van der Waals surface area contributed by atoms with E-state index < -0.39 is 10.0 Å². The molecule has 0 radical (unpaired) electrons. The van der Waals surface area contributed by atoms with Crippen LogP contribution in [0.3, 0.4) is 0 Å². The number of amides is 1. The molecular formula is C17H26N2O4S. The van der Waals surface area contributed by atoms with E-state index in [1.165, 1.54) is 22.5 Å². The molecular weight excluding hydrogens is 328 g/mol. The van der Waals surface area contributed by atoms with Crippen molar-refractivity contribution in [3.63, 3.8) is 0 Å². The third-order valence-electron chi connectivity index (χ3n) is 4.53. The van der Waals surface area contributed by atoms with Crippen molar-refractivity contribution in [2.24, 2.45) is 5.92 Å². The zero-order valence-corrected chi connectivity index (χ0v) is 15.1. The van der Waals surface area contributed by atoms with Gasteiger partial charge in [0.1, 0.15) is 5.75 Å². The molecule has 6 nitrogen and oxygen atoms in total. The van der Waals surface area contributed by atoms with Crippen LogP contribution in [0.25, 0.3) is 0 Å². The molecule has 1 aliphatic rings. The number of carbonyl (C=O) groups is 1. The molecule has 1 saturated carbocycles. The third-order valence-corrected chi connectivity index (χ3v) is 6.58. The monoisotopic (exact) mass is 354 g/mol. The smallest absolute Gasteiger partial charge is 0.243 e. The molecule has 1 aromatic rings. The first-order valence-corrected chi connectivity index (χ1v) is 9.95. The summed E-state index contributed by atoms with van der Waals surface area (Å²) in [6, 6.07) is 3.99. The SMILES string of the molecule is CCN(CC)S(=O)(=O)c1ccc(O)c(NC(=O)CC2CCCC2)c1. The molecule has 1 amide bonds. The second-order valence-corrected chi connectivity index (χ2v) is 8.11. The molecule has 0 bridgehead atoms. The average molecular weight is 354 g/mol. The summed E-state index contributed by atoms with van der Waals surface area (Å²) in [4.78, 5) is 12.2. The van der Waals surface area contributed by atoms with Gasteiger partial charge in [0.05, 0.1) is 10.6 Å². The Labute approximate surface area is 143 Å². The number of phenolic OH excluding ortho intramolecular Hbond substituents is 1. The minimum Gasteiger partial charge on any atom is -0.506 e. The van der Waals surface area contributed by atoms with Gasteiger partial charge in [-0.3, -0.25) is 4.79 Å². The van der Waals surface area contributed by atoms with E-state index in [1.807, 2.05) is 0 Å². The molecule has 1 aliphatic carbocycles. The zero-order chi connectivity index (χ0) is 17.7. The number of benzene rings is 1. The fourth-order valence-electron chi connectivity index (χ4n) is 3.17. The van der Waals surface area contributed by atoms with Gasteiger partial charge in [-0.15, -0.1) is 0 Å². The molecule has 134 valence electrons. The molecule has 0 aliphatic heterocycles. The Morgan fingerprint density at radius 3 is 2.46 bits per heavy atom. The largest absolute Gasteiger partial charge is 0.506 e. The van der Waals surface area contributed by atoms with Crippen LogP contribution in [0.4, 0.5) is 5.69 Å². The van der Waals surface area contributed by atoms with Crippen molar-refractivity contribution in [3.05, 3.63) is 18.2 Å². The van der Waals surface area contributed by atoms with E-state index in [1.54, 1.807) is 13.8 Å². The van der Waals surface area contributed by atoms with Gasteiger partial charge in [-0.25, -0.2) is 8.42 Å². The fraction of sp³-hybridized carbons (Fsp3) is 0.588. The van der Waals surface area contributed by atoms with Crippen LogP contribution >= 0.6 is 0 Å². The number of aromatic hydroxyl groups is 1. The van der Waals surface area contributed by atoms with Gasteiger partial charge < -0.3 is 10.4 Å². The van der Waals surface area contributed by atoms with Crippen molar-refractivity contribution in [1.82, 2.24) is 4.31 Å². The van der Waals surface area contributed by atoms with E-state index in [0.717, 1.165) is 25.7 Å².